The molecule has 1 fully saturated rings. The Kier molecular flexibility index (Phi) is 6.37. The van der Waals surface area contributed by atoms with Gasteiger partial charge in [-0.2, -0.15) is 0 Å². The number of ether oxygens (including phenoxy) is 1. The molecule has 2 heteroatoms. The molecule has 1 saturated carbocycles. The van der Waals surface area contributed by atoms with Gasteiger partial charge in [-0.15, -0.1) is 0 Å². The molecule has 0 aliphatic heterocycles. The molecule has 3 atom stereocenters. The lowest BCUT2D eigenvalue weighted by Crippen LogP contribution is -2.40. The highest BCUT2D eigenvalue weighted by atomic mass is 16.5. The summed E-state index contributed by atoms with van der Waals surface area (Å²) in [7, 11) is 2.07. The van der Waals surface area contributed by atoms with Crippen LogP contribution in [-0.2, 0) is 4.74 Å². The molecular formula is C14H29NO. The van der Waals surface area contributed by atoms with Crippen LogP contribution in [0, 0.1) is 5.92 Å². The van der Waals surface area contributed by atoms with Gasteiger partial charge in [0, 0.05) is 6.04 Å². The number of likely N-dealkylation sites (N-methyl/N-ethyl adjacent to an activating group) is 1. The van der Waals surface area contributed by atoms with E-state index in [4.69, 9.17) is 4.74 Å². The number of nitrogens with one attached hydrogen (secondary N) is 1. The Morgan fingerprint density at radius 1 is 1.12 bits per heavy atom. The molecule has 0 saturated heterocycles. The molecule has 0 heterocycles. The molecule has 0 spiro atoms. The summed E-state index contributed by atoms with van der Waals surface area (Å²) in [5.74, 6) is 0.730. The van der Waals surface area contributed by atoms with E-state index in [2.05, 4.69) is 33.1 Å². The summed E-state index contributed by atoms with van der Waals surface area (Å²) in [6.45, 7) is 6.75. The minimum atomic E-state index is 0.402. The van der Waals surface area contributed by atoms with E-state index >= 15 is 0 Å². The molecule has 1 N–H and O–H groups in total. The van der Waals surface area contributed by atoms with Crippen LogP contribution in [0.1, 0.15) is 59.3 Å². The largest absolute Gasteiger partial charge is 0.374 e. The summed E-state index contributed by atoms with van der Waals surface area (Å²) in [5.41, 5.74) is 0. The van der Waals surface area contributed by atoms with Gasteiger partial charge in [-0.25, -0.2) is 0 Å². The zero-order chi connectivity index (χ0) is 12.0. The van der Waals surface area contributed by atoms with E-state index in [1.165, 1.54) is 38.5 Å². The predicted octanol–water partition coefficient (Wildman–Crippen LogP) is 3.36. The fourth-order valence-corrected chi connectivity index (χ4v) is 2.78. The lowest BCUT2D eigenvalue weighted by atomic mass is 10.0. The van der Waals surface area contributed by atoms with Crippen LogP contribution in [0.4, 0.5) is 0 Å². The Labute approximate surface area is 101 Å². The zero-order valence-corrected chi connectivity index (χ0v) is 11.5. The molecule has 1 rings (SSSR count). The van der Waals surface area contributed by atoms with Crippen molar-refractivity contribution in [2.45, 2.75) is 77.5 Å². The maximum atomic E-state index is 6.22. The molecule has 0 aromatic rings. The second kappa shape index (κ2) is 7.29. The number of hydrogen-bond donors (Lipinski definition) is 1. The van der Waals surface area contributed by atoms with Crippen molar-refractivity contribution in [3.05, 3.63) is 0 Å². The van der Waals surface area contributed by atoms with Gasteiger partial charge >= 0.3 is 0 Å². The quantitative estimate of drug-likeness (QED) is 0.727. The van der Waals surface area contributed by atoms with Crippen molar-refractivity contribution in [1.29, 1.82) is 0 Å². The average Bonchev–Trinajstić information content (AvgIpc) is 2.41. The van der Waals surface area contributed by atoms with Crippen LogP contribution in [0.25, 0.3) is 0 Å². The first-order valence-electron chi connectivity index (χ1n) is 6.96. The van der Waals surface area contributed by atoms with Gasteiger partial charge in [0.05, 0.1) is 12.2 Å². The van der Waals surface area contributed by atoms with Crippen LogP contribution in [0.15, 0.2) is 0 Å². The molecule has 0 bridgehead atoms. The van der Waals surface area contributed by atoms with Crippen molar-refractivity contribution in [3.63, 3.8) is 0 Å². The predicted molar refractivity (Wildman–Crippen MR) is 69.7 cm³/mol. The monoisotopic (exact) mass is 227 g/mol. The SMILES string of the molecule is CNC1CCCCCC1OC(C)CC(C)C. The van der Waals surface area contributed by atoms with Gasteiger partial charge in [0.15, 0.2) is 0 Å². The van der Waals surface area contributed by atoms with Gasteiger partial charge in [-0.1, -0.05) is 33.1 Å². The molecular weight excluding hydrogens is 198 g/mol. The van der Waals surface area contributed by atoms with Gasteiger partial charge < -0.3 is 10.1 Å². The van der Waals surface area contributed by atoms with Gasteiger partial charge in [0.1, 0.15) is 0 Å². The number of rotatable bonds is 5. The van der Waals surface area contributed by atoms with Crippen LogP contribution >= 0.6 is 0 Å². The van der Waals surface area contributed by atoms with Gasteiger partial charge in [0.25, 0.3) is 0 Å². The van der Waals surface area contributed by atoms with Crippen molar-refractivity contribution in [2.75, 3.05) is 7.05 Å². The van der Waals surface area contributed by atoms with E-state index < -0.39 is 0 Å². The molecule has 1 aliphatic rings. The van der Waals surface area contributed by atoms with E-state index in [1.54, 1.807) is 0 Å². The Hall–Kier alpha value is -0.0800. The summed E-state index contributed by atoms with van der Waals surface area (Å²) in [6.07, 6.45) is 8.56. The van der Waals surface area contributed by atoms with E-state index in [0.717, 1.165) is 5.92 Å². The lowest BCUT2D eigenvalue weighted by molar-refractivity contribution is -0.0326. The van der Waals surface area contributed by atoms with Crippen LogP contribution in [0.5, 0.6) is 0 Å². The molecule has 0 aromatic heterocycles. The lowest BCUT2D eigenvalue weighted by Gasteiger charge is -2.28. The minimum absolute atomic E-state index is 0.402. The van der Waals surface area contributed by atoms with E-state index in [0.29, 0.717) is 18.2 Å². The Bertz CT molecular complexity index is 182. The van der Waals surface area contributed by atoms with Crippen molar-refractivity contribution in [1.82, 2.24) is 5.32 Å². The van der Waals surface area contributed by atoms with E-state index in [-0.39, 0.29) is 0 Å². The fraction of sp³-hybridized carbons (Fsp3) is 1.00. The van der Waals surface area contributed by atoms with Gasteiger partial charge in [-0.05, 0) is 39.2 Å². The Morgan fingerprint density at radius 2 is 1.81 bits per heavy atom. The summed E-state index contributed by atoms with van der Waals surface area (Å²) < 4.78 is 6.22. The van der Waals surface area contributed by atoms with Crippen LogP contribution in [0.3, 0.4) is 0 Å². The van der Waals surface area contributed by atoms with Gasteiger partial charge in [-0.3, -0.25) is 0 Å². The molecule has 1 aliphatic carbocycles. The number of hydrogen-bond acceptors (Lipinski definition) is 2. The van der Waals surface area contributed by atoms with Crippen LogP contribution in [-0.4, -0.2) is 25.3 Å². The van der Waals surface area contributed by atoms with Crippen molar-refractivity contribution < 1.29 is 4.74 Å². The zero-order valence-electron chi connectivity index (χ0n) is 11.5. The third-order valence-corrected chi connectivity index (χ3v) is 3.53. The topological polar surface area (TPSA) is 21.3 Å². The van der Waals surface area contributed by atoms with Crippen LogP contribution in [0.2, 0.25) is 0 Å². The highest BCUT2D eigenvalue weighted by Crippen LogP contribution is 2.23. The van der Waals surface area contributed by atoms with Crippen molar-refractivity contribution >= 4 is 0 Å². The third kappa shape index (κ3) is 4.84. The maximum absolute atomic E-state index is 6.22. The second-order valence-electron chi connectivity index (χ2n) is 5.65. The first kappa shape index (κ1) is 14.0. The maximum Gasteiger partial charge on any atom is 0.0731 e. The molecule has 2 nitrogen and oxygen atoms in total. The molecule has 0 amide bonds. The molecule has 96 valence electrons. The average molecular weight is 227 g/mol. The standard InChI is InChI=1S/C14H29NO/c1-11(2)10-12(3)16-14-9-7-5-6-8-13(14)15-4/h11-15H,5-10H2,1-4H3. The summed E-state index contributed by atoms with van der Waals surface area (Å²) >= 11 is 0. The van der Waals surface area contributed by atoms with E-state index in [1.807, 2.05) is 0 Å². The van der Waals surface area contributed by atoms with Crippen molar-refractivity contribution in [3.8, 4) is 0 Å². The highest BCUT2D eigenvalue weighted by molar-refractivity contribution is 4.80. The molecule has 16 heavy (non-hydrogen) atoms. The van der Waals surface area contributed by atoms with Crippen LogP contribution < -0.4 is 5.32 Å². The fourth-order valence-electron chi connectivity index (χ4n) is 2.78. The first-order valence-corrected chi connectivity index (χ1v) is 6.96. The highest BCUT2D eigenvalue weighted by Gasteiger charge is 2.24. The van der Waals surface area contributed by atoms with Gasteiger partial charge in [0.2, 0.25) is 0 Å². The Morgan fingerprint density at radius 3 is 2.44 bits per heavy atom. The smallest absolute Gasteiger partial charge is 0.0731 e. The second-order valence-corrected chi connectivity index (χ2v) is 5.65. The Balaban J connectivity index is 2.41. The minimum Gasteiger partial charge on any atom is -0.374 e. The molecule has 0 aromatic carbocycles. The normalized spacial score (nSPS) is 29.1. The summed E-state index contributed by atoms with van der Waals surface area (Å²) in [6, 6.07) is 0.567. The first-order chi connectivity index (χ1) is 7.63. The summed E-state index contributed by atoms with van der Waals surface area (Å²) in [4.78, 5) is 0. The van der Waals surface area contributed by atoms with Crippen molar-refractivity contribution in [2.24, 2.45) is 5.92 Å². The van der Waals surface area contributed by atoms with E-state index in [9.17, 15) is 0 Å². The third-order valence-electron chi connectivity index (χ3n) is 3.53. The summed E-state index contributed by atoms with van der Waals surface area (Å²) in [5, 5.41) is 3.43. The molecule has 3 unspecified atom stereocenters. The molecule has 0 radical (unpaired) electrons.